The van der Waals surface area contributed by atoms with Crippen molar-refractivity contribution in [2.75, 3.05) is 13.1 Å². The number of urea groups is 1. The molecule has 2 aliphatic heterocycles. The fourth-order valence-electron chi connectivity index (χ4n) is 5.06. The highest BCUT2D eigenvalue weighted by molar-refractivity contribution is 6.09. The number of nitrogens with zero attached hydrogens (tertiary/aromatic N) is 2. The molecule has 5 nitrogen and oxygen atoms in total. The molecule has 2 aliphatic rings. The molecule has 1 N–H and O–H groups in total. The first-order chi connectivity index (χ1) is 16.5. The Bertz CT molecular complexity index is 1160. The summed E-state index contributed by atoms with van der Waals surface area (Å²) in [5.41, 5.74) is 0.0655. The van der Waals surface area contributed by atoms with Gasteiger partial charge in [-0.2, -0.15) is 0 Å². The van der Waals surface area contributed by atoms with Crippen molar-refractivity contribution in [3.05, 3.63) is 107 Å². The van der Waals surface area contributed by atoms with Gasteiger partial charge >= 0.3 is 6.03 Å². The maximum absolute atomic E-state index is 14.2. The highest BCUT2D eigenvalue weighted by Crippen LogP contribution is 2.38. The molecular formula is C27H25F2N3O2. The first kappa shape index (κ1) is 22.2. The lowest BCUT2D eigenvalue weighted by atomic mass is 9.82. The smallest absolute Gasteiger partial charge is 0.315 e. The zero-order valence-electron chi connectivity index (χ0n) is 18.6. The van der Waals surface area contributed by atoms with Crippen molar-refractivity contribution in [2.24, 2.45) is 0 Å². The third-order valence-electron chi connectivity index (χ3n) is 6.74. The molecule has 3 amide bonds. The predicted molar refractivity (Wildman–Crippen MR) is 124 cm³/mol. The molecule has 7 heteroatoms. The minimum atomic E-state index is -1.68. The van der Waals surface area contributed by atoms with Crippen molar-refractivity contribution in [1.82, 2.24) is 15.1 Å². The summed E-state index contributed by atoms with van der Waals surface area (Å²) in [6, 6.07) is 20.4. The van der Waals surface area contributed by atoms with E-state index in [-0.39, 0.29) is 17.2 Å². The maximum Gasteiger partial charge on any atom is 0.325 e. The molecule has 34 heavy (non-hydrogen) atoms. The summed E-state index contributed by atoms with van der Waals surface area (Å²) in [6.45, 7) is 2.29. The molecule has 0 unspecified atom stereocenters. The Balaban J connectivity index is 1.42. The average molecular weight is 462 g/mol. The number of benzene rings is 3. The van der Waals surface area contributed by atoms with Crippen molar-refractivity contribution < 1.29 is 18.4 Å². The number of likely N-dealkylation sites (tertiary alicyclic amines) is 1. The molecule has 0 aromatic heterocycles. The second-order valence-electron chi connectivity index (χ2n) is 8.87. The number of carbonyl (C=O) groups is 2. The second-order valence-corrected chi connectivity index (χ2v) is 8.87. The van der Waals surface area contributed by atoms with Crippen LogP contribution in [0.3, 0.4) is 0 Å². The Morgan fingerprint density at radius 1 is 0.824 bits per heavy atom. The quantitative estimate of drug-likeness (QED) is 0.572. The highest BCUT2D eigenvalue weighted by Gasteiger charge is 2.55. The standard InChI is InChI=1S/C27H25F2N3O2/c28-22-10-4-8-20(16-22)27(21-9-5-11-23(29)17-21)25(33)32(26(34)30-27)24-12-14-31(15-13-24)18-19-6-2-1-3-7-19/h1-11,16-17,24H,12-15,18H2,(H,30,34). The van der Waals surface area contributed by atoms with Crippen molar-refractivity contribution in [3.63, 3.8) is 0 Å². The summed E-state index contributed by atoms with van der Waals surface area (Å²) in [7, 11) is 0. The summed E-state index contributed by atoms with van der Waals surface area (Å²) in [4.78, 5) is 30.7. The van der Waals surface area contributed by atoms with E-state index >= 15 is 0 Å². The van der Waals surface area contributed by atoms with Crippen LogP contribution in [0.5, 0.6) is 0 Å². The third-order valence-corrected chi connectivity index (χ3v) is 6.74. The number of imide groups is 1. The summed E-state index contributed by atoms with van der Waals surface area (Å²) in [5.74, 6) is -1.58. The van der Waals surface area contributed by atoms with Gasteiger partial charge in [-0.1, -0.05) is 54.6 Å². The van der Waals surface area contributed by atoms with E-state index in [0.29, 0.717) is 12.8 Å². The van der Waals surface area contributed by atoms with Crippen LogP contribution in [0, 0.1) is 11.6 Å². The summed E-state index contributed by atoms with van der Waals surface area (Å²) < 4.78 is 28.3. The minimum Gasteiger partial charge on any atom is -0.315 e. The van der Waals surface area contributed by atoms with Crippen LogP contribution in [0.1, 0.15) is 29.5 Å². The molecule has 5 rings (SSSR count). The number of halogens is 2. The number of rotatable bonds is 5. The van der Waals surface area contributed by atoms with Gasteiger partial charge in [0.2, 0.25) is 0 Å². The van der Waals surface area contributed by atoms with Crippen LogP contribution in [0.4, 0.5) is 13.6 Å². The van der Waals surface area contributed by atoms with E-state index in [0.717, 1.165) is 19.6 Å². The molecule has 0 spiro atoms. The number of hydrogen-bond donors (Lipinski definition) is 1. The molecule has 3 aromatic carbocycles. The predicted octanol–water partition coefficient (Wildman–Crippen LogP) is 4.42. The molecule has 0 radical (unpaired) electrons. The highest BCUT2D eigenvalue weighted by atomic mass is 19.1. The van der Waals surface area contributed by atoms with E-state index in [1.54, 1.807) is 12.1 Å². The van der Waals surface area contributed by atoms with Gasteiger partial charge in [0, 0.05) is 25.7 Å². The summed E-state index contributed by atoms with van der Waals surface area (Å²) in [5, 5.41) is 2.79. The Morgan fingerprint density at radius 3 is 1.97 bits per heavy atom. The zero-order chi connectivity index (χ0) is 23.7. The van der Waals surface area contributed by atoms with Crippen LogP contribution in [0.15, 0.2) is 78.9 Å². The second kappa shape index (κ2) is 8.99. The lowest BCUT2D eigenvalue weighted by Gasteiger charge is -2.36. The lowest BCUT2D eigenvalue weighted by molar-refractivity contribution is -0.132. The van der Waals surface area contributed by atoms with Crippen LogP contribution in [-0.2, 0) is 16.9 Å². The zero-order valence-corrected chi connectivity index (χ0v) is 18.6. The van der Waals surface area contributed by atoms with E-state index in [4.69, 9.17) is 0 Å². The first-order valence-electron chi connectivity index (χ1n) is 11.4. The van der Waals surface area contributed by atoms with Crippen LogP contribution >= 0.6 is 0 Å². The van der Waals surface area contributed by atoms with Crippen LogP contribution in [0.2, 0.25) is 0 Å². The van der Waals surface area contributed by atoms with Crippen molar-refractivity contribution in [3.8, 4) is 0 Å². The largest absolute Gasteiger partial charge is 0.325 e. The Labute approximate surface area is 197 Å². The molecule has 174 valence electrons. The third kappa shape index (κ3) is 3.96. The van der Waals surface area contributed by atoms with Gasteiger partial charge < -0.3 is 5.32 Å². The van der Waals surface area contributed by atoms with Gasteiger partial charge in [0.25, 0.3) is 5.91 Å². The van der Waals surface area contributed by atoms with Gasteiger partial charge in [-0.05, 0) is 53.8 Å². The van der Waals surface area contributed by atoms with Gasteiger partial charge in [0.05, 0.1) is 0 Å². The normalized spacial score (nSPS) is 18.8. The van der Waals surface area contributed by atoms with E-state index in [2.05, 4.69) is 22.3 Å². The molecule has 0 aliphatic carbocycles. The van der Waals surface area contributed by atoms with Crippen LogP contribution < -0.4 is 5.32 Å². The maximum atomic E-state index is 14.2. The Kier molecular flexibility index (Phi) is 5.87. The minimum absolute atomic E-state index is 0.264. The van der Waals surface area contributed by atoms with E-state index in [1.807, 2.05) is 18.2 Å². The van der Waals surface area contributed by atoms with Crippen molar-refractivity contribution in [2.45, 2.75) is 31.0 Å². The Morgan fingerprint density at radius 2 is 1.41 bits per heavy atom. The lowest BCUT2D eigenvalue weighted by Crippen LogP contribution is -2.49. The monoisotopic (exact) mass is 461 g/mol. The number of piperidine rings is 1. The fourth-order valence-corrected chi connectivity index (χ4v) is 5.06. The van der Waals surface area contributed by atoms with Crippen LogP contribution in [0.25, 0.3) is 0 Å². The number of nitrogens with one attached hydrogen (secondary N) is 1. The molecule has 0 bridgehead atoms. The molecule has 2 fully saturated rings. The van der Waals surface area contributed by atoms with Gasteiger partial charge in [-0.15, -0.1) is 0 Å². The SMILES string of the molecule is O=C1NC(c2cccc(F)c2)(c2cccc(F)c2)C(=O)N1C1CCN(Cc2ccccc2)CC1. The van der Waals surface area contributed by atoms with Crippen LogP contribution in [-0.4, -0.2) is 40.9 Å². The average Bonchev–Trinajstić information content (AvgIpc) is 3.11. The fraction of sp³-hybridized carbons (Fsp3) is 0.259. The van der Waals surface area contributed by atoms with Gasteiger partial charge in [0.15, 0.2) is 5.54 Å². The first-order valence-corrected chi connectivity index (χ1v) is 11.4. The van der Waals surface area contributed by atoms with Gasteiger partial charge in [-0.3, -0.25) is 14.6 Å². The summed E-state index contributed by atoms with van der Waals surface area (Å²) in [6.07, 6.45) is 1.27. The molecule has 0 saturated carbocycles. The molecule has 2 heterocycles. The van der Waals surface area contributed by atoms with E-state index in [1.165, 1.54) is 46.9 Å². The summed E-state index contributed by atoms with van der Waals surface area (Å²) >= 11 is 0. The molecule has 0 atom stereocenters. The van der Waals surface area contributed by atoms with Crippen molar-refractivity contribution >= 4 is 11.9 Å². The number of amides is 3. The van der Waals surface area contributed by atoms with Gasteiger partial charge in [-0.25, -0.2) is 13.6 Å². The molecular weight excluding hydrogens is 436 g/mol. The Hall–Kier alpha value is -3.58. The van der Waals surface area contributed by atoms with E-state index in [9.17, 15) is 18.4 Å². The van der Waals surface area contributed by atoms with Crippen molar-refractivity contribution in [1.29, 1.82) is 0 Å². The number of hydrogen-bond acceptors (Lipinski definition) is 3. The van der Waals surface area contributed by atoms with E-state index < -0.39 is 29.1 Å². The molecule has 3 aromatic rings. The number of carbonyl (C=O) groups excluding carboxylic acids is 2. The topological polar surface area (TPSA) is 52.7 Å². The van der Waals surface area contributed by atoms with Gasteiger partial charge in [0.1, 0.15) is 11.6 Å². The molecule has 2 saturated heterocycles.